The summed E-state index contributed by atoms with van der Waals surface area (Å²) in [5.74, 6) is 3.29. The third-order valence-corrected chi connectivity index (χ3v) is 2.27. The summed E-state index contributed by atoms with van der Waals surface area (Å²) >= 11 is 0. The quantitative estimate of drug-likeness (QED) is 0.601. The van der Waals surface area contributed by atoms with Gasteiger partial charge in [0, 0.05) is 26.2 Å². The van der Waals surface area contributed by atoms with Crippen molar-refractivity contribution in [2.75, 3.05) is 20.3 Å². The summed E-state index contributed by atoms with van der Waals surface area (Å²) < 4.78 is 5.12. The standard InChI is InChI=1S/C12H23NO/c1-5-7-8-12(13-6-2)9-11(3)10-14-4/h1,11-13H,6-10H2,2-4H3. The maximum atomic E-state index is 5.26. The lowest BCUT2D eigenvalue weighted by atomic mass is 9.99. The molecule has 0 aliphatic carbocycles. The Kier molecular flexibility index (Phi) is 8.72. The van der Waals surface area contributed by atoms with E-state index in [-0.39, 0.29) is 0 Å². The second kappa shape index (κ2) is 9.05. The van der Waals surface area contributed by atoms with Crippen molar-refractivity contribution in [1.29, 1.82) is 0 Å². The summed E-state index contributed by atoms with van der Waals surface area (Å²) in [6.45, 7) is 6.18. The molecule has 0 saturated heterocycles. The third kappa shape index (κ3) is 6.94. The van der Waals surface area contributed by atoms with E-state index in [1.165, 1.54) is 0 Å². The summed E-state index contributed by atoms with van der Waals surface area (Å²) in [7, 11) is 1.75. The maximum absolute atomic E-state index is 5.26. The average molecular weight is 197 g/mol. The Morgan fingerprint density at radius 1 is 1.50 bits per heavy atom. The van der Waals surface area contributed by atoms with Gasteiger partial charge in [0.25, 0.3) is 0 Å². The van der Waals surface area contributed by atoms with Crippen LogP contribution in [0.2, 0.25) is 0 Å². The molecule has 0 aromatic carbocycles. The van der Waals surface area contributed by atoms with E-state index in [2.05, 4.69) is 25.1 Å². The molecule has 0 bridgehead atoms. The van der Waals surface area contributed by atoms with Crippen LogP contribution in [0.25, 0.3) is 0 Å². The largest absolute Gasteiger partial charge is 0.384 e. The average Bonchev–Trinajstić information content (AvgIpc) is 2.15. The summed E-state index contributed by atoms with van der Waals surface area (Å²) in [5, 5.41) is 3.46. The number of ether oxygens (including phenoxy) is 1. The molecule has 0 fully saturated rings. The fourth-order valence-electron chi connectivity index (χ4n) is 1.69. The lowest BCUT2D eigenvalue weighted by Gasteiger charge is -2.20. The SMILES string of the molecule is C#CCCC(CC(C)COC)NCC. The number of nitrogens with one attached hydrogen (secondary N) is 1. The normalized spacial score (nSPS) is 14.7. The van der Waals surface area contributed by atoms with Crippen LogP contribution in [0.15, 0.2) is 0 Å². The highest BCUT2D eigenvalue weighted by atomic mass is 16.5. The van der Waals surface area contributed by atoms with E-state index in [4.69, 9.17) is 11.2 Å². The minimum absolute atomic E-state index is 0.543. The van der Waals surface area contributed by atoms with Crippen molar-refractivity contribution in [3.8, 4) is 12.3 Å². The molecule has 0 aliphatic rings. The van der Waals surface area contributed by atoms with E-state index in [1.54, 1.807) is 7.11 Å². The molecule has 14 heavy (non-hydrogen) atoms. The number of hydrogen-bond acceptors (Lipinski definition) is 2. The van der Waals surface area contributed by atoms with Gasteiger partial charge in [0.15, 0.2) is 0 Å². The molecule has 0 spiro atoms. The van der Waals surface area contributed by atoms with Gasteiger partial charge in [0.2, 0.25) is 0 Å². The van der Waals surface area contributed by atoms with Gasteiger partial charge in [-0.05, 0) is 25.3 Å². The van der Waals surface area contributed by atoms with Gasteiger partial charge in [0.05, 0.1) is 0 Å². The van der Waals surface area contributed by atoms with Gasteiger partial charge in [0.1, 0.15) is 0 Å². The predicted molar refractivity (Wildman–Crippen MR) is 61.2 cm³/mol. The molecular weight excluding hydrogens is 174 g/mol. The van der Waals surface area contributed by atoms with Crippen LogP contribution in [-0.4, -0.2) is 26.3 Å². The summed E-state index contributed by atoms with van der Waals surface area (Å²) in [5.41, 5.74) is 0. The van der Waals surface area contributed by atoms with Crippen molar-refractivity contribution in [3.05, 3.63) is 0 Å². The van der Waals surface area contributed by atoms with Gasteiger partial charge in [-0.2, -0.15) is 0 Å². The zero-order valence-corrected chi connectivity index (χ0v) is 9.68. The van der Waals surface area contributed by atoms with Crippen LogP contribution in [0, 0.1) is 18.3 Å². The molecule has 2 nitrogen and oxygen atoms in total. The summed E-state index contributed by atoms with van der Waals surface area (Å²) in [4.78, 5) is 0. The van der Waals surface area contributed by atoms with Crippen molar-refractivity contribution in [3.63, 3.8) is 0 Å². The smallest absolute Gasteiger partial charge is 0.0488 e. The first kappa shape index (κ1) is 13.5. The van der Waals surface area contributed by atoms with Gasteiger partial charge >= 0.3 is 0 Å². The minimum atomic E-state index is 0.543. The van der Waals surface area contributed by atoms with Crippen LogP contribution in [0.1, 0.15) is 33.1 Å². The molecule has 82 valence electrons. The fourth-order valence-corrected chi connectivity index (χ4v) is 1.69. The maximum Gasteiger partial charge on any atom is 0.0488 e. The van der Waals surface area contributed by atoms with Gasteiger partial charge < -0.3 is 10.1 Å². The second-order valence-corrected chi connectivity index (χ2v) is 3.79. The molecule has 1 N–H and O–H groups in total. The molecule has 0 aromatic heterocycles. The lowest BCUT2D eigenvalue weighted by molar-refractivity contribution is 0.148. The Balaban J connectivity index is 3.76. The van der Waals surface area contributed by atoms with E-state index in [0.29, 0.717) is 12.0 Å². The topological polar surface area (TPSA) is 21.3 Å². The highest BCUT2D eigenvalue weighted by Gasteiger charge is 2.11. The fraction of sp³-hybridized carbons (Fsp3) is 0.833. The molecule has 0 saturated carbocycles. The minimum Gasteiger partial charge on any atom is -0.384 e. The first-order valence-corrected chi connectivity index (χ1v) is 5.40. The number of rotatable bonds is 8. The molecule has 2 unspecified atom stereocenters. The van der Waals surface area contributed by atoms with Gasteiger partial charge in [-0.15, -0.1) is 12.3 Å². The molecule has 2 atom stereocenters. The van der Waals surface area contributed by atoms with Crippen LogP contribution in [-0.2, 0) is 4.74 Å². The molecule has 0 aromatic rings. The van der Waals surface area contributed by atoms with Crippen molar-refractivity contribution in [1.82, 2.24) is 5.32 Å². The summed E-state index contributed by atoms with van der Waals surface area (Å²) in [6.07, 6.45) is 8.33. The zero-order chi connectivity index (χ0) is 10.8. The van der Waals surface area contributed by atoms with Crippen molar-refractivity contribution >= 4 is 0 Å². The van der Waals surface area contributed by atoms with Crippen LogP contribution in [0.4, 0.5) is 0 Å². The first-order valence-electron chi connectivity index (χ1n) is 5.40. The molecule has 0 aliphatic heterocycles. The number of terminal acetylenes is 1. The van der Waals surface area contributed by atoms with Crippen LogP contribution < -0.4 is 5.32 Å². The molecule has 0 radical (unpaired) electrons. The second-order valence-electron chi connectivity index (χ2n) is 3.79. The zero-order valence-electron chi connectivity index (χ0n) is 9.68. The summed E-state index contributed by atoms with van der Waals surface area (Å²) in [6, 6.07) is 0.543. The van der Waals surface area contributed by atoms with Gasteiger partial charge in [-0.1, -0.05) is 13.8 Å². The highest BCUT2D eigenvalue weighted by molar-refractivity contribution is 4.86. The van der Waals surface area contributed by atoms with Crippen molar-refractivity contribution in [2.45, 2.75) is 39.2 Å². The monoisotopic (exact) mass is 197 g/mol. The Morgan fingerprint density at radius 3 is 2.71 bits per heavy atom. The van der Waals surface area contributed by atoms with E-state index in [0.717, 1.165) is 32.4 Å². The Morgan fingerprint density at radius 2 is 2.21 bits per heavy atom. The van der Waals surface area contributed by atoms with Gasteiger partial charge in [-0.3, -0.25) is 0 Å². The number of hydrogen-bond donors (Lipinski definition) is 1. The third-order valence-electron chi connectivity index (χ3n) is 2.27. The lowest BCUT2D eigenvalue weighted by Crippen LogP contribution is -2.31. The van der Waals surface area contributed by atoms with E-state index < -0.39 is 0 Å². The Bertz CT molecular complexity index is 162. The van der Waals surface area contributed by atoms with Crippen LogP contribution in [0.3, 0.4) is 0 Å². The van der Waals surface area contributed by atoms with Crippen molar-refractivity contribution in [2.24, 2.45) is 5.92 Å². The number of methoxy groups -OCH3 is 1. The van der Waals surface area contributed by atoms with E-state index in [9.17, 15) is 0 Å². The van der Waals surface area contributed by atoms with E-state index in [1.807, 2.05) is 0 Å². The highest BCUT2D eigenvalue weighted by Crippen LogP contribution is 2.10. The first-order chi connectivity index (χ1) is 6.74. The molecule has 0 amide bonds. The molecule has 0 heterocycles. The van der Waals surface area contributed by atoms with Crippen LogP contribution >= 0.6 is 0 Å². The molecule has 0 rings (SSSR count). The van der Waals surface area contributed by atoms with Crippen LogP contribution in [0.5, 0.6) is 0 Å². The van der Waals surface area contributed by atoms with Gasteiger partial charge in [-0.25, -0.2) is 0 Å². The predicted octanol–water partition coefficient (Wildman–Crippen LogP) is 2.05. The Labute approximate surface area is 88.4 Å². The molecule has 2 heteroatoms. The van der Waals surface area contributed by atoms with E-state index >= 15 is 0 Å². The molecular formula is C12H23NO. The Hall–Kier alpha value is -0.520. The van der Waals surface area contributed by atoms with Crippen molar-refractivity contribution < 1.29 is 4.74 Å².